The van der Waals surface area contributed by atoms with E-state index >= 15 is 0 Å². The van der Waals surface area contributed by atoms with E-state index in [-0.39, 0.29) is 0 Å². The number of aromatic nitrogens is 3. The number of para-hydroxylation sites is 2. The molecule has 0 aliphatic carbocycles. The van der Waals surface area contributed by atoms with E-state index in [0.717, 1.165) is 46.0 Å². The Balaban J connectivity index is 1.99. The topological polar surface area (TPSA) is 52.0 Å². The SMILES string of the molecule is COc1ccccc1-n1cc(-c2ccccc2)c2c(NCC(C)C)ncnc21. The second-order valence-electron chi connectivity index (χ2n) is 7.15. The molecule has 0 saturated heterocycles. The van der Waals surface area contributed by atoms with Crippen molar-refractivity contribution in [3.05, 3.63) is 67.1 Å². The Morgan fingerprint density at radius 3 is 2.50 bits per heavy atom. The van der Waals surface area contributed by atoms with Crippen LogP contribution in [0.25, 0.3) is 27.8 Å². The summed E-state index contributed by atoms with van der Waals surface area (Å²) in [4.78, 5) is 9.17. The summed E-state index contributed by atoms with van der Waals surface area (Å²) < 4.78 is 7.68. The lowest BCUT2D eigenvalue weighted by Crippen LogP contribution is -2.10. The molecule has 0 saturated carbocycles. The largest absolute Gasteiger partial charge is 0.495 e. The predicted molar refractivity (Wildman–Crippen MR) is 114 cm³/mol. The van der Waals surface area contributed by atoms with Crippen molar-refractivity contribution in [1.29, 1.82) is 0 Å². The lowest BCUT2D eigenvalue weighted by Gasteiger charge is -2.11. The first-order valence-corrected chi connectivity index (χ1v) is 9.47. The Morgan fingerprint density at radius 1 is 1.00 bits per heavy atom. The van der Waals surface area contributed by atoms with Gasteiger partial charge in [-0.1, -0.05) is 56.3 Å². The second kappa shape index (κ2) is 7.72. The summed E-state index contributed by atoms with van der Waals surface area (Å²) in [7, 11) is 1.69. The van der Waals surface area contributed by atoms with Gasteiger partial charge in [-0.25, -0.2) is 9.97 Å². The molecule has 0 atom stereocenters. The Kier molecular flexibility index (Phi) is 4.98. The molecule has 142 valence electrons. The van der Waals surface area contributed by atoms with Crippen molar-refractivity contribution in [1.82, 2.24) is 14.5 Å². The molecule has 28 heavy (non-hydrogen) atoms. The third kappa shape index (κ3) is 3.31. The highest BCUT2D eigenvalue weighted by molar-refractivity contribution is 6.02. The van der Waals surface area contributed by atoms with Gasteiger partial charge in [-0.2, -0.15) is 0 Å². The maximum absolute atomic E-state index is 5.59. The van der Waals surface area contributed by atoms with Gasteiger partial charge >= 0.3 is 0 Å². The number of hydrogen-bond acceptors (Lipinski definition) is 4. The van der Waals surface area contributed by atoms with Gasteiger partial charge in [-0.05, 0) is 23.6 Å². The van der Waals surface area contributed by atoms with E-state index < -0.39 is 0 Å². The van der Waals surface area contributed by atoms with Gasteiger partial charge in [-0.3, -0.25) is 4.57 Å². The molecule has 2 aromatic heterocycles. The molecule has 4 aromatic rings. The van der Waals surface area contributed by atoms with Gasteiger partial charge in [-0.15, -0.1) is 0 Å². The molecule has 5 nitrogen and oxygen atoms in total. The fourth-order valence-electron chi connectivity index (χ4n) is 3.35. The van der Waals surface area contributed by atoms with E-state index in [4.69, 9.17) is 4.74 Å². The molecule has 2 aromatic carbocycles. The van der Waals surface area contributed by atoms with Crippen LogP contribution in [0.2, 0.25) is 0 Å². The zero-order valence-corrected chi connectivity index (χ0v) is 16.4. The molecule has 0 aliphatic rings. The average molecular weight is 372 g/mol. The van der Waals surface area contributed by atoms with Crippen molar-refractivity contribution in [2.75, 3.05) is 19.0 Å². The van der Waals surface area contributed by atoms with Gasteiger partial charge in [0.2, 0.25) is 0 Å². The number of anilines is 1. The molecule has 0 spiro atoms. The van der Waals surface area contributed by atoms with Crippen molar-refractivity contribution in [3.8, 4) is 22.6 Å². The van der Waals surface area contributed by atoms with Crippen LogP contribution in [0.4, 0.5) is 5.82 Å². The number of fused-ring (bicyclic) bond motifs is 1. The third-order valence-corrected chi connectivity index (χ3v) is 4.69. The van der Waals surface area contributed by atoms with Crippen LogP contribution in [0.1, 0.15) is 13.8 Å². The van der Waals surface area contributed by atoms with Gasteiger partial charge in [0.25, 0.3) is 0 Å². The standard InChI is InChI=1S/C23H24N4O/c1-16(2)13-24-22-21-18(17-9-5-4-6-10-17)14-27(23(21)26-15-25-22)19-11-7-8-12-20(19)28-3/h4-12,14-16H,13H2,1-3H3,(H,24,25,26). The smallest absolute Gasteiger partial charge is 0.150 e. The van der Waals surface area contributed by atoms with Crippen molar-refractivity contribution >= 4 is 16.9 Å². The number of benzene rings is 2. The van der Waals surface area contributed by atoms with Crippen LogP contribution in [0.5, 0.6) is 5.75 Å². The molecule has 2 heterocycles. The molecule has 5 heteroatoms. The van der Waals surface area contributed by atoms with Gasteiger partial charge in [0, 0.05) is 18.3 Å². The zero-order chi connectivity index (χ0) is 19.5. The lowest BCUT2D eigenvalue weighted by molar-refractivity contribution is 0.413. The van der Waals surface area contributed by atoms with Crippen molar-refractivity contribution in [3.63, 3.8) is 0 Å². The highest BCUT2D eigenvalue weighted by Gasteiger charge is 2.18. The number of nitrogens with one attached hydrogen (secondary N) is 1. The van der Waals surface area contributed by atoms with Crippen LogP contribution in [-0.4, -0.2) is 28.2 Å². The van der Waals surface area contributed by atoms with Crippen LogP contribution in [0, 0.1) is 5.92 Å². The van der Waals surface area contributed by atoms with E-state index in [0.29, 0.717) is 5.92 Å². The number of rotatable bonds is 6. The quantitative estimate of drug-likeness (QED) is 0.508. The molecular weight excluding hydrogens is 348 g/mol. The third-order valence-electron chi connectivity index (χ3n) is 4.69. The Morgan fingerprint density at radius 2 is 1.75 bits per heavy atom. The van der Waals surface area contributed by atoms with Crippen molar-refractivity contribution < 1.29 is 4.74 Å². The zero-order valence-electron chi connectivity index (χ0n) is 16.4. The van der Waals surface area contributed by atoms with E-state index in [1.165, 1.54) is 0 Å². The van der Waals surface area contributed by atoms with Gasteiger partial charge in [0.15, 0.2) is 5.65 Å². The molecule has 0 amide bonds. The molecule has 0 aliphatic heterocycles. The average Bonchev–Trinajstić information content (AvgIpc) is 3.13. The first kappa shape index (κ1) is 18.0. The molecule has 0 radical (unpaired) electrons. The minimum absolute atomic E-state index is 0.515. The van der Waals surface area contributed by atoms with Crippen LogP contribution in [0.3, 0.4) is 0 Å². The summed E-state index contributed by atoms with van der Waals surface area (Å²) in [5.74, 6) is 2.17. The fourth-order valence-corrected chi connectivity index (χ4v) is 3.35. The first-order valence-electron chi connectivity index (χ1n) is 9.47. The highest BCUT2D eigenvalue weighted by Crippen LogP contribution is 2.37. The highest BCUT2D eigenvalue weighted by atomic mass is 16.5. The minimum atomic E-state index is 0.515. The minimum Gasteiger partial charge on any atom is -0.495 e. The van der Waals surface area contributed by atoms with Gasteiger partial charge < -0.3 is 10.1 Å². The summed E-state index contributed by atoms with van der Waals surface area (Å²) in [6.07, 6.45) is 3.73. The van der Waals surface area contributed by atoms with Crippen LogP contribution < -0.4 is 10.1 Å². The number of hydrogen-bond donors (Lipinski definition) is 1. The normalized spacial score (nSPS) is 11.1. The van der Waals surface area contributed by atoms with E-state index in [1.807, 2.05) is 42.5 Å². The van der Waals surface area contributed by atoms with Gasteiger partial charge in [0.1, 0.15) is 17.9 Å². The summed E-state index contributed by atoms with van der Waals surface area (Å²) in [6.45, 7) is 5.22. The van der Waals surface area contributed by atoms with Crippen molar-refractivity contribution in [2.45, 2.75) is 13.8 Å². The summed E-state index contributed by atoms with van der Waals surface area (Å²) in [5, 5.41) is 4.51. The Labute approximate surface area is 165 Å². The van der Waals surface area contributed by atoms with E-state index in [2.05, 4.69) is 52.0 Å². The van der Waals surface area contributed by atoms with E-state index in [9.17, 15) is 0 Å². The molecule has 0 bridgehead atoms. The van der Waals surface area contributed by atoms with Crippen LogP contribution in [0.15, 0.2) is 67.1 Å². The first-order chi connectivity index (χ1) is 13.7. The summed E-state index contributed by atoms with van der Waals surface area (Å²) in [5.41, 5.74) is 4.02. The molecular formula is C23H24N4O. The molecule has 4 rings (SSSR count). The number of ether oxygens (including phenoxy) is 1. The number of methoxy groups -OCH3 is 1. The monoisotopic (exact) mass is 372 g/mol. The van der Waals surface area contributed by atoms with Crippen LogP contribution in [-0.2, 0) is 0 Å². The Bertz CT molecular complexity index is 1090. The maximum Gasteiger partial charge on any atom is 0.150 e. The number of nitrogens with zero attached hydrogens (tertiary/aromatic N) is 3. The predicted octanol–water partition coefficient (Wildman–Crippen LogP) is 5.16. The van der Waals surface area contributed by atoms with E-state index in [1.54, 1.807) is 13.4 Å². The second-order valence-corrected chi connectivity index (χ2v) is 7.15. The maximum atomic E-state index is 5.59. The Hall–Kier alpha value is -3.34. The van der Waals surface area contributed by atoms with Crippen LogP contribution >= 0.6 is 0 Å². The van der Waals surface area contributed by atoms with Gasteiger partial charge in [0.05, 0.1) is 18.2 Å². The fraction of sp³-hybridized carbons (Fsp3) is 0.217. The summed E-state index contributed by atoms with van der Waals surface area (Å²) >= 11 is 0. The molecule has 1 N–H and O–H groups in total. The summed E-state index contributed by atoms with van der Waals surface area (Å²) in [6, 6.07) is 18.3. The molecule has 0 fully saturated rings. The molecule has 0 unspecified atom stereocenters. The van der Waals surface area contributed by atoms with Crippen molar-refractivity contribution in [2.24, 2.45) is 5.92 Å². The lowest BCUT2D eigenvalue weighted by atomic mass is 10.1.